The first-order chi connectivity index (χ1) is 11.4. The van der Waals surface area contributed by atoms with Crippen LogP contribution in [0.2, 0.25) is 0 Å². The van der Waals surface area contributed by atoms with Crippen molar-refractivity contribution in [1.29, 1.82) is 0 Å². The van der Waals surface area contributed by atoms with Crippen LogP contribution in [-0.4, -0.2) is 34.6 Å². The van der Waals surface area contributed by atoms with Crippen molar-refractivity contribution in [3.8, 4) is 0 Å². The zero-order chi connectivity index (χ0) is 17.7. The van der Waals surface area contributed by atoms with Crippen molar-refractivity contribution in [2.75, 3.05) is 6.54 Å². The van der Waals surface area contributed by atoms with Gasteiger partial charge < -0.3 is 10.6 Å². The molecule has 0 spiro atoms. The fourth-order valence-corrected chi connectivity index (χ4v) is 2.27. The quantitative estimate of drug-likeness (QED) is 0.727. The Labute approximate surface area is 139 Å². The normalized spacial score (nSPS) is 12.2. The first-order valence-corrected chi connectivity index (χ1v) is 7.92. The van der Waals surface area contributed by atoms with Gasteiger partial charge in [0.05, 0.1) is 17.5 Å². The van der Waals surface area contributed by atoms with Crippen LogP contribution in [0.4, 0.5) is 0 Å². The third kappa shape index (κ3) is 4.41. The minimum Gasteiger partial charge on any atom is -0.354 e. The minimum atomic E-state index is -0.634. The van der Waals surface area contributed by atoms with Gasteiger partial charge in [0, 0.05) is 11.9 Å². The molecule has 128 valence electrons. The number of nitrogens with one attached hydrogen (secondary N) is 3. The van der Waals surface area contributed by atoms with E-state index < -0.39 is 6.04 Å². The second-order valence-corrected chi connectivity index (χ2v) is 6.15. The van der Waals surface area contributed by atoms with Crippen LogP contribution < -0.4 is 16.2 Å². The molecule has 1 atom stereocenters. The van der Waals surface area contributed by atoms with E-state index >= 15 is 0 Å². The number of H-pyrrole nitrogens is 1. The van der Waals surface area contributed by atoms with Crippen LogP contribution in [0, 0.1) is 5.92 Å². The summed E-state index contributed by atoms with van der Waals surface area (Å²) in [5.41, 5.74) is 0.175. The Hall–Kier alpha value is -2.70. The lowest BCUT2D eigenvalue weighted by molar-refractivity contribution is -0.128. The van der Waals surface area contributed by atoms with Gasteiger partial charge in [-0.05, 0) is 18.9 Å². The molecule has 7 heteroatoms. The molecule has 0 saturated heterocycles. The molecule has 0 bridgehead atoms. The first-order valence-electron chi connectivity index (χ1n) is 7.92. The third-order valence-corrected chi connectivity index (χ3v) is 3.56. The van der Waals surface area contributed by atoms with Crippen LogP contribution in [0.1, 0.15) is 26.5 Å². The maximum atomic E-state index is 12.2. The number of carbonyl (C=O) groups excluding carboxylic acids is 2. The highest BCUT2D eigenvalue weighted by atomic mass is 16.2. The summed E-state index contributed by atoms with van der Waals surface area (Å²) in [6.07, 6.45) is -0.0148. The Morgan fingerprint density at radius 3 is 2.50 bits per heavy atom. The molecule has 0 aliphatic rings. The number of hydrogen-bond donors (Lipinski definition) is 3. The average molecular weight is 330 g/mol. The number of aromatic nitrogens is 2. The molecule has 0 aliphatic carbocycles. The number of carbonyl (C=O) groups is 2. The molecular weight excluding hydrogens is 308 g/mol. The number of fused-ring (bicyclic) bond motifs is 1. The van der Waals surface area contributed by atoms with Crippen molar-refractivity contribution in [3.05, 3.63) is 40.3 Å². The lowest BCUT2D eigenvalue weighted by atomic mass is 10.1. The van der Waals surface area contributed by atoms with Crippen LogP contribution >= 0.6 is 0 Å². The van der Waals surface area contributed by atoms with E-state index in [0.717, 1.165) is 0 Å². The largest absolute Gasteiger partial charge is 0.354 e. The van der Waals surface area contributed by atoms with E-state index in [-0.39, 0.29) is 23.8 Å². The number of aromatic amines is 1. The van der Waals surface area contributed by atoms with Crippen LogP contribution in [0.3, 0.4) is 0 Å². The van der Waals surface area contributed by atoms with E-state index in [0.29, 0.717) is 28.9 Å². The van der Waals surface area contributed by atoms with Crippen LogP contribution in [0.15, 0.2) is 29.1 Å². The van der Waals surface area contributed by atoms with Gasteiger partial charge in [0.25, 0.3) is 5.56 Å². The summed E-state index contributed by atoms with van der Waals surface area (Å²) in [6.45, 7) is 6.18. The molecule has 2 aromatic rings. The molecular formula is C17H22N4O3. The van der Waals surface area contributed by atoms with E-state index in [1.54, 1.807) is 31.2 Å². The molecule has 0 saturated carbocycles. The highest BCUT2D eigenvalue weighted by molar-refractivity contribution is 5.91. The molecule has 1 aromatic heterocycles. The zero-order valence-corrected chi connectivity index (χ0v) is 14.1. The highest BCUT2D eigenvalue weighted by Gasteiger charge is 2.17. The standard InChI is InChI=1S/C17H22N4O3/c1-10(2)9-18-16(23)11(3)19-15(22)8-14-12-6-4-5-7-13(12)17(24)21-20-14/h4-7,10-11H,8-9H2,1-3H3,(H,18,23)(H,19,22)(H,21,24)/t11-/m0/s1. The molecule has 0 radical (unpaired) electrons. The maximum Gasteiger partial charge on any atom is 0.272 e. The van der Waals surface area contributed by atoms with E-state index in [1.165, 1.54) is 0 Å². The summed E-state index contributed by atoms with van der Waals surface area (Å²) in [7, 11) is 0. The lowest BCUT2D eigenvalue weighted by Gasteiger charge is -2.15. The van der Waals surface area contributed by atoms with E-state index in [9.17, 15) is 14.4 Å². The van der Waals surface area contributed by atoms with Gasteiger partial charge in [-0.15, -0.1) is 0 Å². The van der Waals surface area contributed by atoms with Crippen LogP contribution in [0.25, 0.3) is 10.8 Å². The summed E-state index contributed by atoms with van der Waals surface area (Å²) in [5, 5.41) is 12.9. The molecule has 7 nitrogen and oxygen atoms in total. The number of nitrogens with zero attached hydrogens (tertiary/aromatic N) is 1. The summed E-state index contributed by atoms with van der Waals surface area (Å²) < 4.78 is 0. The van der Waals surface area contributed by atoms with E-state index in [2.05, 4.69) is 20.8 Å². The molecule has 0 aliphatic heterocycles. The molecule has 1 aromatic carbocycles. The Bertz CT molecular complexity index is 798. The second kappa shape index (κ2) is 7.72. The fourth-order valence-electron chi connectivity index (χ4n) is 2.27. The van der Waals surface area contributed by atoms with Gasteiger partial charge in [0.1, 0.15) is 6.04 Å². The summed E-state index contributed by atoms with van der Waals surface area (Å²) in [6, 6.07) is 6.33. The summed E-state index contributed by atoms with van der Waals surface area (Å²) in [5.74, 6) is -0.211. The van der Waals surface area contributed by atoms with Crippen molar-refractivity contribution >= 4 is 22.6 Å². The molecule has 2 rings (SSSR count). The maximum absolute atomic E-state index is 12.2. The Balaban J connectivity index is 2.04. The minimum absolute atomic E-state index is 0.0148. The summed E-state index contributed by atoms with van der Waals surface area (Å²) in [4.78, 5) is 35.8. The van der Waals surface area contributed by atoms with Gasteiger partial charge in [-0.3, -0.25) is 14.4 Å². The molecule has 2 amide bonds. The van der Waals surface area contributed by atoms with Crippen molar-refractivity contribution in [2.24, 2.45) is 5.92 Å². The first kappa shape index (κ1) is 17.7. The zero-order valence-electron chi connectivity index (χ0n) is 14.1. The van der Waals surface area contributed by atoms with Crippen LogP contribution in [-0.2, 0) is 16.0 Å². The SMILES string of the molecule is CC(C)CNC(=O)[C@H](C)NC(=O)Cc1n[nH]c(=O)c2ccccc12. The lowest BCUT2D eigenvalue weighted by Crippen LogP contribution is -2.46. The van der Waals surface area contributed by atoms with Gasteiger partial charge in [-0.1, -0.05) is 32.0 Å². The predicted octanol–water partition coefficient (Wildman–Crippen LogP) is 0.743. The Kier molecular flexibility index (Phi) is 5.68. The van der Waals surface area contributed by atoms with E-state index in [4.69, 9.17) is 0 Å². The molecule has 1 heterocycles. The Morgan fingerprint density at radius 1 is 1.17 bits per heavy atom. The smallest absolute Gasteiger partial charge is 0.272 e. The van der Waals surface area contributed by atoms with Crippen molar-refractivity contribution in [3.63, 3.8) is 0 Å². The van der Waals surface area contributed by atoms with Crippen molar-refractivity contribution in [1.82, 2.24) is 20.8 Å². The number of hydrogen-bond acceptors (Lipinski definition) is 4. The van der Waals surface area contributed by atoms with Gasteiger partial charge in [0.15, 0.2) is 0 Å². The van der Waals surface area contributed by atoms with Crippen molar-refractivity contribution in [2.45, 2.75) is 33.2 Å². The average Bonchev–Trinajstić information content (AvgIpc) is 2.55. The van der Waals surface area contributed by atoms with Crippen molar-refractivity contribution < 1.29 is 9.59 Å². The fraction of sp³-hybridized carbons (Fsp3) is 0.412. The van der Waals surface area contributed by atoms with Gasteiger partial charge >= 0.3 is 0 Å². The number of benzene rings is 1. The van der Waals surface area contributed by atoms with Gasteiger partial charge in [-0.25, -0.2) is 5.10 Å². The molecule has 0 fully saturated rings. The number of amides is 2. The molecule has 24 heavy (non-hydrogen) atoms. The molecule has 0 unspecified atom stereocenters. The van der Waals surface area contributed by atoms with Gasteiger partial charge in [0.2, 0.25) is 11.8 Å². The third-order valence-electron chi connectivity index (χ3n) is 3.56. The monoisotopic (exact) mass is 330 g/mol. The topological polar surface area (TPSA) is 104 Å². The second-order valence-electron chi connectivity index (χ2n) is 6.15. The highest BCUT2D eigenvalue weighted by Crippen LogP contribution is 2.12. The number of rotatable bonds is 6. The molecule has 3 N–H and O–H groups in total. The Morgan fingerprint density at radius 2 is 1.83 bits per heavy atom. The van der Waals surface area contributed by atoms with E-state index in [1.807, 2.05) is 13.8 Å². The predicted molar refractivity (Wildman–Crippen MR) is 91.5 cm³/mol. The van der Waals surface area contributed by atoms with Crippen LogP contribution in [0.5, 0.6) is 0 Å². The summed E-state index contributed by atoms with van der Waals surface area (Å²) >= 11 is 0. The van der Waals surface area contributed by atoms with Gasteiger partial charge in [-0.2, -0.15) is 5.10 Å².